The van der Waals surface area contributed by atoms with Gasteiger partial charge in [-0.1, -0.05) is 170 Å². The smallest absolute Gasteiger partial charge is 0.213 e. The molecule has 0 atom stereocenters. The van der Waals surface area contributed by atoms with Gasteiger partial charge in [0.25, 0.3) is 0 Å². The molecule has 0 aliphatic rings. The van der Waals surface area contributed by atoms with E-state index in [4.69, 9.17) is 24.4 Å². The summed E-state index contributed by atoms with van der Waals surface area (Å²) in [6.45, 7) is 0. The second kappa shape index (κ2) is 13.7. The fourth-order valence-corrected chi connectivity index (χ4v) is 8.53. The topological polar surface area (TPSA) is 69.6 Å². The largest absolute Gasteiger partial charge is 0.437 e. The Morgan fingerprint density at radius 2 is 0.883 bits per heavy atom. The first-order valence-corrected chi connectivity index (χ1v) is 20.1. The summed E-state index contributed by atoms with van der Waals surface area (Å²) in [6.07, 6.45) is 0. The molecule has 0 saturated heterocycles. The van der Waals surface area contributed by atoms with Crippen LogP contribution in [-0.4, -0.2) is 24.5 Å². The van der Waals surface area contributed by atoms with Crippen LogP contribution in [0.2, 0.25) is 0 Å². The van der Waals surface area contributed by atoms with Crippen molar-refractivity contribution in [2.24, 2.45) is 0 Å². The maximum Gasteiger partial charge on any atom is 0.213 e. The predicted molar refractivity (Wildman–Crippen MR) is 244 cm³/mol. The summed E-state index contributed by atoms with van der Waals surface area (Å²) in [5.74, 6) is 1.92. The summed E-state index contributed by atoms with van der Waals surface area (Å²) >= 11 is 0. The fourth-order valence-electron chi connectivity index (χ4n) is 8.53. The molecule has 0 amide bonds. The van der Waals surface area contributed by atoms with Gasteiger partial charge in [0.15, 0.2) is 23.1 Å². The van der Waals surface area contributed by atoms with Crippen LogP contribution in [0.5, 0.6) is 0 Å². The molecule has 0 saturated carbocycles. The molecule has 0 fully saturated rings. The van der Waals surface area contributed by atoms with Gasteiger partial charge in [0.2, 0.25) is 5.71 Å². The molecular formula is C54H33N5O. The summed E-state index contributed by atoms with van der Waals surface area (Å²) in [5, 5.41) is 6.73. The van der Waals surface area contributed by atoms with Crippen molar-refractivity contribution < 1.29 is 4.42 Å². The van der Waals surface area contributed by atoms with Crippen molar-refractivity contribution in [3.8, 4) is 62.2 Å². The standard InChI is InChI=1S/C54H33N5O/c1-3-14-37(15-4-1)51-56-52(38-16-5-2-6-17-38)58-53(57-51)39-26-23-35(24-27-39)36-29-31-42(32-30-36)59-46-22-12-10-20-44(46)48-47-43-19-9-11-21-45(43)55-49(50(47)60-54(48)59)41-28-25-34-13-7-8-18-40(34)33-41/h1-33H. The lowest BCUT2D eigenvalue weighted by molar-refractivity contribution is 0.645. The first-order valence-electron chi connectivity index (χ1n) is 20.1. The molecule has 0 radical (unpaired) electrons. The second-order valence-electron chi connectivity index (χ2n) is 15.0. The molecule has 0 N–H and O–H groups in total. The number of aromatic nitrogens is 5. The number of nitrogens with zero attached hydrogens (tertiary/aromatic N) is 5. The van der Waals surface area contributed by atoms with Gasteiger partial charge in [0.05, 0.1) is 16.4 Å². The molecule has 6 nitrogen and oxygen atoms in total. The Morgan fingerprint density at radius 1 is 0.367 bits per heavy atom. The van der Waals surface area contributed by atoms with Gasteiger partial charge >= 0.3 is 0 Å². The first kappa shape index (κ1) is 33.9. The van der Waals surface area contributed by atoms with E-state index >= 15 is 0 Å². The van der Waals surface area contributed by atoms with Crippen molar-refractivity contribution in [2.45, 2.75) is 0 Å². The van der Waals surface area contributed by atoms with Crippen LogP contribution in [0.15, 0.2) is 205 Å². The summed E-state index contributed by atoms with van der Waals surface area (Å²) in [5.41, 5.74) is 11.5. The van der Waals surface area contributed by atoms with Crippen LogP contribution < -0.4 is 0 Å². The Kier molecular flexibility index (Phi) is 7.74. The minimum absolute atomic E-state index is 0.630. The molecule has 280 valence electrons. The molecule has 0 aliphatic carbocycles. The first-order chi connectivity index (χ1) is 29.7. The van der Waals surface area contributed by atoms with Gasteiger partial charge in [-0.2, -0.15) is 0 Å². The number of fused-ring (bicyclic) bond motifs is 8. The van der Waals surface area contributed by atoms with Crippen molar-refractivity contribution >= 4 is 54.6 Å². The lowest BCUT2D eigenvalue weighted by atomic mass is 10.0. The van der Waals surface area contributed by atoms with Crippen molar-refractivity contribution in [1.82, 2.24) is 24.5 Å². The molecule has 4 heterocycles. The highest BCUT2D eigenvalue weighted by Gasteiger charge is 2.24. The predicted octanol–water partition coefficient (Wildman–Crippen LogP) is 13.8. The number of pyridine rings is 1. The maximum absolute atomic E-state index is 7.06. The van der Waals surface area contributed by atoms with Crippen molar-refractivity contribution in [3.05, 3.63) is 200 Å². The van der Waals surface area contributed by atoms with E-state index in [0.717, 1.165) is 88.6 Å². The van der Waals surface area contributed by atoms with Gasteiger partial charge in [-0.05, 0) is 52.2 Å². The fraction of sp³-hybridized carbons (Fsp3) is 0. The summed E-state index contributed by atoms with van der Waals surface area (Å²) in [7, 11) is 0. The second-order valence-corrected chi connectivity index (χ2v) is 15.0. The minimum atomic E-state index is 0.630. The molecule has 60 heavy (non-hydrogen) atoms. The number of hydrogen-bond donors (Lipinski definition) is 0. The molecule has 12 rings (SSSR count). The van der Waals surface area contributed by atoms with Crippen LogP contribution in [0.1, 0.15) is 0 Å². The van der Waals surface area contributed by atoms with Gasteiger partial charge in [0, 0.05) is 44.1 Å². The molecule has 8 aromatic carbocycles. The quantitative estimate of drug-likeness (QED) is 0.168. The molecule has 0 unspecified atom stereocenters. The molecule has 12 aromatic rings. The van der Waals surface area contributed by atoms with E-state index in [1.165, 1.54) is 10.8 Å². The molecule has 6 heteroatoms. The lowest BCUT2D eigenvalue weighted by Crippen LogP contribution is -2.00. The summed E-state index contributed by atoms with van der Waals surface area (Å²) in [4.78, 5) is 19.9. The highest BCUT2D eigenvalue weighted by Crippen LogP contribution is 2.45. The Bertz CT molecular complexity index is 3520. The van der Waals surface area contributed by atoms with Gasteiger partial charge in [-0.25, -0.2) is 19.9 Å². The van der Waals surface area contributed by atoms with Crippen LogP contribution in [0.3, 0.4) is 0 Å². The van der Waals surface area contributed by atoms with E-state index in [1.807, 2.05) is 60.7 Å². The zero-order valence-corrected chi connectivity index (χ0v) is 32.2. The minimum Gasteiger partial charge on any atom is -0.437 e. The van der Waals surface area contributed by atoms with Crippen LogP contribution in [0.4, 0.5) is 0 Å². The summed E-state index contributed by atoms with van der Waals surface area (Å²) in [6, 6.07) is 69.2. The number of hydrogen-bond acceptors (Lipinski definition) is 5. The van der Waals surface area contributed by atoms with Crippen LogP contribution >= 0.6 is 0 Å². The zero-order valence-electron chi connectivity index (χ0n) is 32.2. The maximum atomic E-state index is 7.06. The van der Waals surface area contributed by atoms with E-state index in [-0.39, 0.29) is 0 Å². The Morgan fingerprint density at radius 3 is 1.57 bits per heavy atom. The molecular weight excluding hydrogens is 735 g/mol. The summed E-state index contributed by atoms with van der Waals surface area (Å²) < 4.78 is 9.30. The highest BCUT2D eigenvalue weighted by atomic mass is 16.3. The van der Waals surface area contributed by atoms with Gasteiger partial charge < -0.3 is 4.42 Å². The van der Waals surface area contributed by atoms with Gasteiger partial charge in [-0.3, -0.25) is 4.57 Å². The Hall–Kier alpha value is -8.22. The van der Waals surface area contributed by atoms with Crippen LogP contribution in [0, 0.1) is 0 Å². The normalized spacial score (nSPS) is 11.7. The van der Waals surface area contributed by atoms with Gasteiger partial charge in [-0.15, -0.1) is 0 Å². The Balaban J connectivity index is 0.955. The number of para-hydroxylation sites is 2. The number of furan rings is 1. The van der Waals surface area contributed by atoms with Crippen LogP contribution in [-0.2, 0) is 0 Å². The average molecular weight is 768 g/mol. The highest BCUT2D eigenvalue weighted by molar-refractivity contribution is 6.28. The third kappa shape index (κ3) is 5.57. The lowest BCUT2D eigenvalue weighted by Gasteiger charge is -2.10. The third-order valence-corrected chi connectivity index (χ3v) is 11.5. The SMILES string of the molecule is c1ccc(-c2nc(-c3ccccc3)nc(-c3ccc(-c4ccc(-n5c6ccccc6c6c7c(oc65)c(-c5ccc6ccccc6c5)nc5ccccc57)cc4)cc3)n2)cc1. The number of rotatable bonds is 6. The number of benzene rings is 8. The van der Waals surface area contributed by atoms with E-state index in [2.05, 4.69) is 144 Å². The third-order valence-electron chi connectivity index (χ3n) is 11.5. The Labute approximate surface area is 344 Å². The van der Waals surface area contributed by atoms with Crippen LogP contribution in [0.25, 0.3) is 117 Å². The van der Waals surface area contributed by atoms with Crippen molar-refractivity contribution in [2.75, 3.05) is 0 Å². The van der Waals surface area contributed by atoms with E-state index in [0.29, 0.717) is 17.5 Å². The molecule has 0 bridgehead atoms. The van der Waals surface area contributed by atoms with Gasteiger partial charge in [0.1, 0.15) is 5.69 Å². The molecule has 4 aromatic heterocycles. The van der Waals surface area contributed by atoms with Crippen molar-refractivity contribution in [3.63, 3.8) is 0 Å². The van der Waals surface area contributed by atoms with E-state index in [9.17, 15) is 0 Å². The molecule has 0 spiro atoms. The molecule has 0 aliphatic heterocycles. The van der Waals surface area contributed by atoms with E-state index in [1.54, 1.807) is 0 Å². The average Bonchev–Trinajstić information content (AvgIpc) is 3.87. The monoisotopic (exact) mass is 767 g/mol. The van der Waals surface area contributed by atoms with E-state index < -0.39 is 0 Å². The van der Waals surface area contributed by atoms with Crippen molar-refractivity contribution in [1.29, 1.82) is 0 Å². The zero-order chi connectivity index (χ0) is 39.6.